The topological polar surface area (TPSA) is 48.2 Å². The van der Waals surface area contributed by atoms with Gasteiger partial charge in [0.25, 0.3) is 11.1 Å². The third-order valence-electron chi connectivity index (χ3n) is 2.99. The van der Waals surface area contributed by atoms with Crippen molar-refractivity contribution in [1.82, 2.24) is 10.2 Å². The predicted octanol–water partition coefficient (Wildman–Crippen LogP) is 4.98. The van der Waals surface area contributed by atoms with Crippen molar-refractivity contribution in [3.8, 4) is 5.75 Å². The predicted molar refractivity (Wildman–Crippen MR) is 88.7 cm³/mol. The van der Waals surface area contributed by atoms with Gasteiger partial charge in [-0.3, -0.25) is 0 Å². The molecule has 0 unspecified atom stereocenters. The zero-order valence-electron chi connectivity index (χ0n) is 12.2. The summed E-state index contributed by atoms with van der Waals surface area (Å²) in [6.45, 7) is 0.0967. The molecular formula is C16H11BrF2N2O2S. The number of nitrogens with zero attached hydrogens (tertiary/aromatic N) is 2. The van der Waals surface area contributed by atoms with Crippen LogP contribution in [-0.4, -0.2) is 10.2 Å². The third-order valence-corrected chi connectivity index (χ3v) is 4.60. The Balaban J connectivity index is 1.54. The molecule has 1 aromatic heterocycles. The lowest BCUT2D eigenvalue weighted by molar-refractivity contribution is 0.252. The molecule has 0 saturated heterocycles. The first-order valence-corrected chi connectivity index (χ1v) is 8.65. The summed E-state index contributed by atoms with van der Waals surface area (Å²) >= 11 is 4.66. The molecule has 0 fully saturated rings. The van der Waals surface area contributed by atoms with Gasteiger partial charge in [0.15, 0.2) is 6.61 Å². The number of ether oxygens (including phenoxy) is 1. The van der Waals surface area contributed by atoms with Gasteiger partial charge in [0, 0.05) is 10.2 Å². The number of hydrogen-bond donors (Lipinski definition) is 0. The fraction of sp³-hybridized carbons (Fsp3) is 0.125. The van der Waals surface area contributed by atoms with Crippen molar-refractivity contribution in [2.24, 2.45) is 0 Å². The zero-order valence-corrected chi connectivity index (χ0v) is 14.6. The lowest BCUT2D eigenvalue weighted by Crippen LogP contribution is -1.95. The van der Waals surface area contributed by atoms with Crippen LogP contribution in [0, 0.1) is 11.6 Å². The molecule has 0 spiro atoms. The number of rotatable bonds is 6. The fourth-order valence-corrected chi connectivity index (χ4v) is 3.27. The highest BCUT2D eigenvalue weighted by molar-refractivity contribution is 9.10. The molecule has 1 heterocycles. The number of halogens is 3. The Morgan fingerprint density at radius 1 is 1.04 bits per heavy atom. The summed E-state index contributed by atoms with van der Waals surface area (Å²) in [5, 5.41) is 8.20. The maximum Gasteiger partial charge on any atom is 0.277 e. The van der Waals surface area contributed by atoms with Crippen molar-refractivity contribution in [2.45, 2.75) is 17.6 Å². The summed E-state index contributed by atoms with van der Waals surface area (Å²) < 4.78 is 37.4. The van der Waals surface area contributed by atoms with Crippen LogP contribution in [0.3, 0.4) is 0 Å². The highest BCUT2D eigenvalue weighted by atomic mass is 79.9. The molecule has 0 bridgehead atoms. The van der Waals surface area contributed by atoms with Crippen LogP contribution in [0.15, 0.2) is 56.6 Å². The van der Waals surface area contributed by atoms with E-state index in [1.165, 1.54) is 48.2 Å². The second-order valence-corrected chi connectivity index (χ2v) is 6.51. The van der Waals surface area contributed by atoms with E-state index in [0.29, 0.717) is 27.1 Å². The molecule has 3 rings (SSSR count). The molecule has 4 nitrogen and oxygen atoms in total. The van der Waals surface area contributed by atoms with Crippen molar-refractivity contribution in [1.29, 1.82) is 0 Å². The summed E-state index contributed by atoms with van der Waals surface area (Å²) in [4.78, 5) is 0. The Bertz CT molecular complexity index is 827. The van der Waals surface area contributed by atoms with Crippen LogP contribution < -0.4 is 4.74 Å². The van der Waals surface area contributed by atoms with Crippen LogP contribution in [0.2, 0.25) is 0 Å². The molecule has 3 aromatic rings. The van der Waals surface area contributed by atoms with Gasteiger partial charge in [-0.2, -0.15) is 0 Å². The largest absolute Gasteiger partial charge is 0.484 e. The minimum atomic E-state index is -0.328. The van der Waals surface area contributed by atoms with Gasteiger partial charge in [0.2, 0.25) is 0 Å². The van der Waals surface area contributed by atoms with Crippen LogP contribution in [0.4, 0.5) is 8.78 Å². The van der Waals surface area contributed by atoms with Crippen molar-refractivity contribution in [2.75, 3.05) is 0 Å². The van der Waals surface area contributed by atoms with Crippen LogP contribution in [-0.2, 0) is 12.4 Å². The number of thioether (sulfide) groups is 1. The van der Waals surface area contributed by atoms with Crippen molar-refractivity contribution < 1.29 is 17.9 Å². The van der Waals surface area contributed by atoms with Gasteiger partial charge < -0.3 is 9.15 Å². The van der Waals surface area contributed by atoms with E-state index in [0.717, 1.165) is 5.56 Å². The summed E-state index contributed by atoms with van der Waals surface area (Å²) in [5.74, 6) is 0.764. The van der Waals surface area contributed by atoms with Gasteiger partial charge in [0.1, 0.15) is 17.4 Å². The van der Waals surface area contributed by atoms with E-state index in [9.17, 15) is 8.78 Å². The molecule has 0 atom stereocenters. The molecule has 0 N–H and O–H groups in total. The van der Waals surface area contributed by atoms with Crippen LogP contribution in [0.5, 0.6) is 5.75 Å². The van der Waals surface area contributed by atoms with Gasteiger partial charge in [-0.05, 0) is 42.0 Å². The average molecular weight is 413 g/mol. The fourth-order valence-electron chi connectivity index (χ4n) is 1.81. The zero-order chi connectivity index (χ0) is 16.9. The van der Waals surface area contributed by atoms with E-state index in [1.807, 2.05) is 0 Å². The van der Waals surface area contributed by atoms with Gasteiger partial charge >= 0.3 is 0 Å². The van der Waals surface area contributed by atoms with E-state index in [2.05, 4.69) is 26.1 Å². The van der Waals surface area contributed by atoms with Gasteiger partial charge in [0.05, 0.1) is 0 Å². The van der Waals surface area contributed by atoms with Crippen LogP contribution in [0.1, 0.15) is 11.5 Å². The summed E-state index contributed by atoms with van der Waals surface area (Å²) in [6, 6.07) is 10.2. The molecule has 2 aromatic carbocycles. The average Bonchev–Trinajstić information content (AvgIpc) is 3.01. The van der Waals surface area contributed by atoms with E-state index in [4.69, 9.17) is 9.15 Å². The Labute approximate surface area is 149 Å². The molecule has 24 heavy (non-hydrogen) atoms. The Morgan fingerprint density at radius 3 is 2.54 bits per heavy atom. The second kappa shape index (κ2) is 7.76. The van der Waals surface area contributed by atoms with E-state index >= 15 is 0 Å². The van der Waals surface area contributed by atoms with E-state index < -0.39 is 0 Å². The van der Waals surface area contributed by atoms with Crippen molar-refractivity contribution in [3.05, 3.63) is 70.0 Å². The molecule has 0 aliphatic heterocycles. The highest BCUT2D eigenvalue weighted by Crippen LogP contribution is 2.27. The summed E-state index contributed by atoms with van der Waals surface area (Å²) in [7, 11) is 0. The molecule has 0 aliphatic rings. The Morgan fingerprint density at radius 2 is 1.79 bits per heavy atom. The SMILES string of the molecule is Fc1ccc(OCc2nnc(SCc3ccc(F)cc3Br)o2)cc1. The first-order valence-electron chi connectivity index (χ1n) is 6.87. The minimum Gasteiger partial charge on any atom is -0.484 e. The summed E-state index contributed by atoms with van der Waals surface area (Å²) in [5.41, 5.74) is 0.920. The Hall–Kier alpha value is -1.93. The molecule has 8 heteroatoms. The second-order valence-electron chi connectivity index (χ2n) is 4.73. The lowest BCUT2D eigenvalue weighted by atomic mass is 10.2. The minimum absolute atomic E-state index is 0.0967. The highest BCUT2D eigenvalue weighted by Gasteiger charge is 2.09. The first-order chi connectivity index (χ1) is 11.6. The summed E-state index contributed by atoms with van der Waals surface area (Å²) in [6.07, 6.45) is 0. The van der Waals surface area contributed by atoms with Gasteiger partial charge in [-0.15, -0.1) is 10.2 Å². The smallest absolute Gasteiger partial charge is 0.277 e. The first kappa shape index (κ1) is 16.9. The number of aromatic nitrogens is 2. The van der Waals surface area contributed by atoms with Gasteiger partial charge in [-0.1, -0.05) is 33.8 Å². The van der Waals surface area contributed by atoms with E-state index in [-0.39, 0.29) is 18.2 Å². The van der Waals surface area contributed by atoms with Crippen molar-refractivity contribution in [3.63, 3.8) is 0 Å². The molecule has 0 radical (unpaired) electrons. The maximum absolute atomic E-state index is 13.0. The standard InChI is InChI=1S/C16H11BrF2N2O2S/c17-14-7-12(19)2-1-10(14)9-24-16-21-20-15(23-16)8-22-13-5-3-11(18)4-6-13/h1-7H,8-9H2. The monoisotopic (exact) mass is 412 g/mol. The maximum atomic E-state index is 13.0. The van der Waals surface area contributed by atoms with Crippen LogP contribution in [0.25, 0.3) is 0 Å². The quantitative estimate of drug-likeness (QED) is 0.534. The molecule has 0 aliphatic carbocycles. The normalized spacial score (nSPS) is 10.8. The number of hydrogen-bond acceptors (Lipinski definition) is 5. The molecule has 0 amide bonds. The van der Waals surface area contributed by atoms with E-state index in [1.54, 1.807) is 6.07 Å². The molecular weight excluding hydrogens is 402 g/mol. The van der Waals surface area contributed by atoms with Gasteiger partial charge in [-0.25, -0.2) is 8.78 Å². The lowest BCUT2D eigenvalue weighted by Gasteiger charge is -2.02. The molecule has 124 valence electrons. The molecule has 0 saturated carbocycles. The van der Waals surface area contributed by atoms with Crippen molar-refractivity contribution >= 4 is 27.7 Å². The Kier molecular flexibility index (Phi) is 5.47. The number of benzene rings is 2. The van der Waals surface area contributed by atoms with Crippen LogP contribution >= 0.6 is 27.7 Å². The third kappa shape index (κ3) is 4.55.